The average Bonchev–Trinajstić information content (AvgIpc) is 2.63. The Morgan fingerprint density at radius 2 is 1.78 bits per heavy atom. The summed E-state index contributed by atoms with van der Waals surface area (Å²) in [6, 6.07) is 7.45. The molecule has 1 amide bonds. The van der Waals surface area contributed by atoms with Crippen molar-refractivity contribution >= 4 is 11.9 Å². The molecule has 0 aliphatic carbocycles. The number of rotatable bonds is 5. The third kappa shape index (κ3) is 7.21. The monoisotopic (exact) mass is 386 g/mol. The maximum atomic E-state index is 10.7. The van der Waals surface area contributed by atoms with Crippen LogP contribution in [0.15, 0.2) is 30.3 Å². The zero-order valence-corrected chi connectivity index (χ0v) is 14.8. The summed E-state index contributed by atoms with van der Waals surface area (Å²) >= 11 is 0. The van der Waals surface area contributed by atoms with E-state index >= 15 is 0 Å². The van der Waals surface area contributed by atoms with Gasteiger partial charge in [0.15, 0.2) is 6.29 Å². The molecule has 1 aromatic carbocycles. The molecule has 0 aromatic heterocycles. The highest BCUT2D eigenvalue weighted by Crippen LogP contribution is 2.19. The Labute approximate surface area is 156 Å². The van der Waals surface area contributed by atoms with Crippen molar-refractivity contribution in [3.8, 4) is 0 Å². The first-order valence-corrected chi connectivity index (χ1v) is 8.27. The van der Waals surface area contributed by atoms with E-state index in [1.165, 1.54) is 6.92 Å². The van der Waals surface area contributed by atoms with E-state index in [2.05, 4.69) is 5.32 Å². The highest BCUT2D eigenvalue weighted by Gasteiger charge is 2.43. The van der Waals surface area contributed by atoms with E-state index in [1.807, 2.05) is 30.3 Å². The maximum Gasteiger partial charge on any atom is 0.320 e. The number of carboxylic acid groups (broad SMARTS) is 1. The lowest BCUT2D eigenvalue weighted by atomic mass is 9.97. The summed E-state index contributed by atoms with van der Waals surface area (Å²) in [5.41, 5.74) is 6.30. The van der Waals surface area contributed by atoms with Crippen molar-refractivity contribution in [3.05, 3.63) is 35.9 Å². The van der Waals surface area contributed by atoms with Crippen LogP contribution in [-0.4, -0.2) is 80.7 Å². The van der Waals surface area contributed by atoms with Gasteiger partial charge < -0.3 is 41.3 Å². The first kappa shape index (κ1) is 23.0. The molecule has 0 bridgehead atoms. The Balaban J connectivity index is 0.000000277. The Morgan fingerprint density at radius 1 is 1.19 bits per heavy atom. The zero-order chi connectivity index (χ0) is 20.6. The van der Waals surface area contributed by atoms with Gasteiger partial charge >= 0.3 is 5.97 Å². The van der Waals surface area contributed by atoms with Crippen LogP contribution in [0, 0.1) is 0 Å². The van der Waals surface area contributed by atoms with Crippen LogP contribution < -0.4 is 11.1 Å². The maximum absolute atomic E-state index is 10.7. The van der Waals surface area contributed by atoms with Crippen LogP contribution in [-0.2, 0) is 20.7 Å². The van der Waals surface area contributed by atoms with Crippen molar-refractivity contribution in [2.45, 2.75) is 50.0 Å². The van der Waals surface area contributed by atoms with Gasteiger partial charge in [-0.1, -0.05) is 30.3 Å². The van der Waals surface area contributed by atoms with Gasteiger partial charge in [-0.15, -0.1) is 0 Å². The topological polar surface area (TPSA) is 183 Å². The second-order valence-corrected chi connectivity index (χ2v) is 6.09. The lowest BCUT2D eigenvalue weighted by molar-refractivity contribution is -0.253. The molecule has 1 saturated heterocycles. The summed E-state index contributed by atoms with van der Waals surface area (Å²) in [6.45, 7) is 0.687. The fourth-order valence-corrected chi connectivity index (χ4v) is 2.44. The summed E-state index contributed by atoms with van der Waals surface area (Å²) in [5, 5.41) is 47.9. The number of hydrogen-bond acceptors (Lipinski definition) is 8. The minimum absolute atomic E-state index is 0.385. The van der Waals surface area contributed by atoms with Crippen LogP contribution >= 0.6 is 0 Å². The number of hydrogen-bond donors (Lipinski definition) is 7. The summed E-state index contributed by atoms with van der Waals surface area (Å²) < 4.78 is 4.81. The summed E-state index contributed by atoms with van der Waals surface area (Å²) in [5.74, 6) is -1.42. The minimum Gasteiger partial charge on any atom is -0.480 e. The molecule has 2 rings (SSSR count). The number of aliphatic hydroxyl groups is 4. The number of carbonyl (C=O) groups is 2. The van der Waals surface area contributed by atoms with Crippen LogP contribution in [0.4, 0.5) is 0 Å². The molecular weight excluding hydrogens is 360 g/mol. The Morgan fingerprint density at radius 3 is 2.26 bits per heavy atom. The standard InChI is InChI=1S/C9H11NO2.C8H15NO6/c10-8(9(11)12)6-7-4-2-1-3-5-7;1-3(11)9-5-7(13)6(12)4(2-10)15-8(5)14/h1-5,8H,6,10H2,(H,11,12);4-8,10,12-14H,2H2,1H3,(H,9,11)/t8-;4-,5-,6-,7-,8?/m01/s1. The van der Waals surface area contributed by atoms with E-state index in [9.17, 15) is 24.9 Å². The molecule has 10 heteroatoms. The highest BCUT2D eigenvalue weighted by molar-refractivity contribution is 5.73. The summed E-state index contributed by atoms with van der Waals surface area (Å²) in [6.07, 6.45) is -4.86. The first-order valence-electron chi connectivity index (χ1n) is 8.27. The predicted octanol–water partition coefficient (Wildman–Crippen LogP) is -2.44. The smallest absolute Gasteiger partial charge is 0.320 e. The number of nitrogens with one attached hydrogen (secondary N) is 1. The van der Waals surface area contributed by atoms with Crippen LogP contribution in [0.2, 0.25) is 0 Å². The van der Waals surface area contributed by atoms with Crippen molar-refractivity contribution < 1.29 is 39.9 Å². The van der Waals surface area contributed by atoms with E-state index < -0.39 is 55.2 Å². The number of benzene rings is 1. The number of carbonyl (C=O) groups excluding carboxylic acids is 1. The third-order valence-corrected chi connectivity index (χ3v) is 3.89. The molecule has 1 fully saturated rings. The molecule has 0 saturated carbocycles. The molecule has 1 heterocycles. The third-order valence-electron chi connectivity index (χ3n) is 3.89. The van der Waals surface area contributed by atoms with E-state index in [1.54, 1.807) is 0 Å². The number of amides is 1. The number of aliphatic carboxylic acids is 1. The van der Waals surface area contributed by atoms with Gasteiger partial charge in [-0.25, -0.2) is 0 Å². The molecule has 1 aromatic rings. The molecular formula is C17H26N2O8. The molecule has 0 radical (unpaired) electrons. The number of nitrogens with two attached hydrogens (primary N) is 1. The Bertz CT molecular complexity index is 600. The second-order valence-electron chi connectivity index (χ2n) is 6.09. The molecule has 10 nitrogen and oxygen atoms in total. The van der Waals surface area contributed by atoms with Crippen LogP contribution in [0.3, 0.4) is 0 Å². The molecule has 27 heavy (non-hydrogen) atoms. The van der Waals surface area contributed by atoms with Gasteiger partial charge in [0.05, 0.1) is 6.61 Å². The van der Waals surface area contributed by atoms with Gasteiger partial charge in [-0.2, -0.15) is 0 Å². The second kappa shape index (κ2) is 10.9. The predicted molar refractivity (Wildman–Crippen MR) is 93.3 cm³/mol. The minimum atomic E-state index is -1.45. The van der Waals surface area contributed by atoms with Crippen LogP contribution in [0.5, 0.6) is 0 Å². The Kier molecular flexibility index (Phi) is 9.29. The van der Waals surface area contributed by atoms with Gasteiger partial charge in [-0.05, 0) is 12.0 Å². The van der Waals surface area contributed by atoms with Crippen molar-refractivity contribution in [1.82, 2.24) is 5.32 Å². The highest BCUT2D eigenvalue weighted by atomic mass is 16.6. The van der Waals surface area contributed by atoms with E-state index in [-0.39, 0.29) is 0 Å². The largest absolute Gasteiger partial charge is 0.480 e. The number of aliphatic hydroxyl groups excluding tert-OH is 4. The summed E-state index contributed by atoms with van der Waals surface area (Å²) in [7, 11) is 0. The van der Waals surface area contributed by atoms with Crippen molar-refractivity contribution in [1.29, 1.82) is 0 Å². The molecule has 0 spiro atoms. The van der Waals surface area contributed by atoms with Gasteiger partial charge in [-0.3, -0.25) is 9.59 Å². The fraction of sp³-hybridized carbons (Fsp3) is 0.529. The van der Waals surface area contributed by atoms with Gasteiger partial charge in [0.25, 0.3) is 0 Å². The normalized spacial score (nSPS) is 28.4. The van der Waals surface area contributed by atoms with E-state index in [0.717, 1.165) is 5.56 Å². The molecule has 1 aliphatic heterocycles. The van der Waals surface area contributed by atoms with Gasteiger partial charge in [0.2, 0.25) is 5.91 Å². The molecule has 1 unspecified atom stereocenters. The molecule has 8 N–H and O–H groups in total. The summed E-state index contributed by atoms with van der Waals surface area (Å²) in [4.78, 5) is 21.1. The molecule has 1 aliphatic rings. The van der Waals surface area contributed by atoms with Crippen LogP contribution in [0.1, 0.15) is 12.5 Å². The van der Waals surface area contributed by atoms with Gasteiger partial charge in [0, 0.05) is 6.92 Å². The van der Waals surface area contributed by atoms with Crippen molar-refractivity contribution in [2.75, 3.05) is 6.61 Å². The van der Waals surface area contributed by atoms with Crippen molar-refractivity contribution in [3.63, 3.8) is 0 Å². The quantitative estimate of drug-likeness (QED) is 0.289. The zero-order valence-electron chi connectivity index (χ0n) is 14.8. The van der Waals surface area contributed by atoms with Gasteiger partial charge in [0.1, 0.15) is 30.4 Å². The first-order chi connectivity index (χ1) is 12.7. The molecule has 152 valence electrons. The Hall–Kier alpha value is -2.08. The number of ether oxygens (including phenoxy) is 1. The van der Waals surface area contributed by atoms with E-state index in [0.29, 0.717) is 6.42 Å². The lowest BCUT2D eigenvalue weighted by Gasteiger charge is -2.40. The van der Waals surface area contributed by atoms with E-state index in [4.69, 9.17) is 20.7 Å². The van der Waals surface area contributed by atoms with Crippen molar-refractivity contribution in [2.24, 2.45) is 5.73 Å². The fourth-order valence-electron chi connectivity index (χ4n) is 2.44. The number of carboxylic acids is 1. The molecule has 6 atom stereocenters. The van der Waals surface area contributed by atoms with Crippen LogP contribution in [0.25, 0.3) is 0 Å². The lowest BCUT2D eigenvalue weighted by Crippen LogP contribution is -2.63. The SMILES string of the molecule is CC(=O)N[C@H]1C(O)O[C@H](CO)[C@@H](O)[C@@H]1O.N[C@@H](Cc1ccccc1)C(=O)O. The average molecular weight is 386 g/mol.